The predicted molar refractivity (Wildman–Crippen MR) is 68.1 cm³/mol. The van der Waals surface area contributed by atoms with Crippen LogP contribution in [0.5, 0.6) is 0 Å². The van der Waals surface area contributed by atoms with E-state index in [1.165, 1.54) is 7.11 Å². The zero-order valence-electron chi connectivity index (χ0n) is 10.1. The number of methoxy groups -OCH3 is 1. The lowest BCUT2D eigenvalue weighted by atomic mass is 10.1. The highest BCUT2D eigenvalue weighted by atomic mass is 16.5. The Labute approximate surface area is 104 Å². The molecule has 2 rings (SSSR count). The number of rotatable bonds is 2. The summed E-state index contributed by atoms with van der Waals surface area (Å²) in [5, 5.41) is 0. The highest BCUT2D eigenvalue weighted by Crippen LogP contribution is 2.29. The Bertz CT molecular complexity index is 630. The molecule has 0 radical (unpaired) electrons. The Hall–Kier alpha value is -2.36. The maximum absolute atomic E-state index is 11.7. The first kappa shape index (κ1) is 12.1. The maximum Gasteiger partial charge on any atom is 0.344 e. The van der Waals surface area contributed by atoms with E-state index in [1.54, 1.807) is 18.2 Å². The molecule has 0 spiro atoms. The van der Waals surface area contributed by atoms with Gasteiger partial charge in [-0.15, -0.1) is 0 Å². The van der Waals surface area contributed by atoms with Gasteiger partial charge in [0.15, 0.2) is 0 Å². The number of esters is 1. The van der Waals surface area contributed by atoms with Crippen molar-refractivity contribution in [3.63, 3.8) is 0 Å². The van der Waals surface area contributed by atoms with Crippen LogP contribution in [0, 0.1) is 0 Å². The van der Waals surface area contributed by atoms with Gasteiger partial charge in [0.25, 0.3) is 0 Å². The van der Waals surface area contributed by atoms with E-state index in [4.69, 9.17) is 4.42 Å². The first-order valence-corrected chi connectivity index (χ1v) is 5.44. The van der Waals surface area contributed by atoms with Gasteiger partial charge in [-0.2, -0.15) is 0 Å². The lowest BCUT2D eigenvalue weighted by molar-refractivity contribution is 0.0597. The van der Waals surface area contributed by atoms with Crippen molar-refractivity contribution < 1.29 is 13.9 Å². The van der Waals surface area contributed by atoms with Gasteiger partial charge in [0.1, 0.15) is 11.8 Å². The van der Waals surface area contributed by atoms with Crippen LogP contribution in [0.3, 0.4) is 0 Å². The molecule has 1 aliphatic carbocycles. The van der Waals surface area contributed by atoms with E-state index in [0.29, 0.717) is 11.1 Å². The summed E-state index contributed by atoms with van der Waals surface area (Å²) in [6, 6.07) is 0. The van der Waals surface area contributed by atoms with Crippen molar-refractivity contribution in [2.24, 2.45) is 0 Å². The molecule has 0 fully saturated rings. The Morgan fingerprint density at radius 2 is 2.17 bits per heavy atom. The largest absolute Gasteiger partial charge is 0.465 e. The van der Waals surface area contributed by atoms with Crippen molar-refractivity contribution in [1.82, 2.24) is 0 Å². The molecule has 0 saturated carbocycles. The van der Waals surface area contributed by atoms with Crippen molar-refractivity contribution in [2.45, 2.75) is 6.92 Å². The van der Waals surface area contributed by atoms with E-state index in [0.717, 1.165) is 11.8 Å². The lowest BCUT2D eigenvalue weighted by Crippen LogP contribution is -2.12. The molecule has 0 saturated heterocycles. The third-order valence-corrected chi connectivity index (χ3v) is 2.64. The zero-order chi connectivity index (χ0) is 13.1. The molecule has 0 N–H and O–H groups in total. The summed E-state index contributed by atoms with van der Waals surface area (Å²) < 4.78 is 9.52. The number of hydrogen-bond acceptors (Lipinski definition) is 4. The summed E-state index contributed by atoms with van der Waals surface area (Å²) in [7, 11) is 1.29. The van der Waals surface area contributed by atoms with Crippen LogP contribution in [0.4, 0.5) is 0 Å². The zero-order valence-corrected chi connectivity index (χ0v) is 10.1. The number of fused-ring (bicyclic) bond motifs is 1. The Kier molecular flexibility index (Phi) is 3.28. The average Bonchev–Trinajstić information content (AvgIpc) is 2.81. The normalized spacial score (nSPS) is 15.3. The predicted octanol–water partition coefficient (Wildman–Crippen LogP) is 2.41. The van der Waals surface area contributed by atoms with Crippen LogP contribution in [0.2, 0.25) is 0 Å². The molecule has 1 aromatic heterocycles. The van der Waals surface area contributed by atoms with Gasteiger partial charge in [-0.25, -0.2) is 9.59 Å². The van der Waals surface area contributed by atoms with E-state index in [9.17, 15) is 9.59 Å². The average molecular weight is 244 g/mol. The van der Waals surface area contributed by atoms with Crippen molar-refractivity contribution in [3.05, 3.63) is 57.7 Å². The Balaban J connectivity index is 2.63. The second-order valence-electron chi connectivity index (χ2n) is 3.70. The summed E-state index contributed by atoms with van der Waals surface area (Å²) in [5.74, 6) is -0.521. The van der Waals surface area contributed by atoms with Crippen LogP contribution in [-0.2, 0) is 4.74 Å². The molecule has 4 heteroatoms. The fourth-order valence-corrected chi connectivity index (χ4v) is 1.79. The quantitative estimate of drug-likeness (QED) is 0.749. The molecule has 0 amide bonds. The van der Waals surface area contributed by atoms with Gasteiger partial charge in [0.2, 0.25) is 0 Å². The van der Waals surface area contributed by atoms with Crippen molar-refractivity contribution in [1.29, 1.82) is 0 Å². The molecule has 0 aromatic carbocycles. The molecule has 1 heterocycles. The van der Waals surface area contributed by atoms with E-state index in [2.05, 4.69) is 4.74 Å². The first-order chi connectivity index (χ1) is 8.69. The van der Waals surface area contributed by atoms with Crippen molar-refractivity contribution in [3.8, 4) is 0 Å². The minimum Gasteiger partial charge on any atom is -0.465 e. The minimum atomic E-state index is -0.521. The molecule has 0 bridgehead atoms. The van der Waals surface area contributed by atoms with E-state index in [1.807, 2.05) is 19.1 Å². The molecular weight excluding hydrogens is 232 g/mol. The maximum atomic E-state index is 11.7. The van der Waals surface area contributed by atoms with Crippen LogP contribution in [0.25, 0.3) is 11.6 Å². The van der Waals surface area contributed by atoms with E-state index in [-0.39, 0.29) is 5.56 Å². The standard InChI is InChI=1S/C14H12O4/c1-3-4-5-9-6-7-10-11(13(15)17-2)8-18-14(16)12(9)10/h3-8H,1-2H3/b4-3+,9-5-. The third kappa shape index (κ3) is 1.93. The topological polar surface area (TPSA) is 56.5 Å². The molecule has 1 aromatic rings. The van der Waals surface area contributed by atoms with Gasteiger partial charge in [-0.1, -0.05) is 30.4 Å². The molecule has 92 valence electrons. The second kappa shape index (κ2) is 4.87. The van der Waals surface area contributed by atoms with Crippen molar-refractivity contribution >= 4 is 17.6 Å². The first-order valence-electron chi connectivity index (χ1n) is 5.44. The van der Waals surface area contributed by atoms with Crippen LogP contribution >= 0.6 is 0 Å². The molecule has 4 nitrogen and oxygen atoms in total. The van der Waals surface area contributed by atoms with Crippen LogP contribution < -0.4 is 5.63 Å². The fraction of sp³-hybridized carbons (Fsp3) is 0.143. The van der Waals surface area contributed by atoms with Crippen LogP contribution in [0.1, 0.15) is 28.4 Å². The molecule has 18 heavy (non-hydrogen) atoms. The molecule has 0 atom stereocenters. The van der Waals surface area contributed by atoms with Crippen LogP contribution in [0.15, 0.2) is 39.8 Å². The second-order valence-corrected chi connectivity index (χ2v) is 3.70. The van der Waals surface area contributed by atoms with Gasteiger partial charge in [0, 0.05) is 5.56 Å². The summed E-state index contributed by atoms with van der Waals surface area (Å²) in [6.45, 7) is 1.88. The Morgan fingerprint density at radius 1 is 1.39 bits per heavy atom. The monoisotopic (exact) mass is 244 g/mol. The van der Waals surface area contributed by atoms with Crippen LogP contribution in [-0.4, -0.2) is 13.1 Å². The fourth-order valence-electron chi connectivity index (χ4n) is 1.79. The minimum absolute atomic E-state index is 0.257. The van der Waals surface area contributed by atoms with Gasteiger partial charge in [-0.3, -0.25) is 0 Å². The van der Waals surface area contributed by atoms with E-state index >= 15 is 0 Å². The summed E-state index contributed by atoms with van der Waals surface area (Å²) in [6.07, 6.45) is 10.1. The number of carbonyl (C=O) groups is 1. The van der Waals surface area contributed by atoms with Crippen molar-refractivity contribution in [2.75, 3.05) is 7.11 Å². The van der Waals surface area contributed by atoms with Gasteiger partial charge < -0.3 is 9.15 Å². The Morgan fingerprint density at radius 3 is 2.83 bits per heavy atom. The highest BCUT2D eigenvalue weighted by Gasteiger charge is 2.23. The summed E-state index contributed by atoms with van der Waals surface area (Å²) >= 11 is 0. The highest BCUT2D eigenvalue weighted by molar-refractivity contribution is 6.00. The third-order valence-electron chi connectivity index (χ3n) is 2.64. The molecule has 0 unspecified atom stereocenters. The summed E-state index contributed by atoms with van der Waals surface area (Å²) in [4.78, 5) is 23.3. The SMILES string of the molecule is C/C=C/C=C1/C=Cc2c(C(=O)OC)coc(=O)c21. The number of hydrogen-bond donors (Lipinski definition) is 0. The molecular formula is C14H12O4. The molecule has 1 aliphatic rings. The van der Waals surface area contributed by atoms with E-state index < -0.39 is 11.6 Å². The smallest absolute Gasteiger partial charge is 0.344 e. The molecule has 0 aliphatic heterocycles. The lowest BCUT2D eigenvalue weighted by Gasteiger charge is -2.04. The number of ether oxygens (including phenoxy) is 1. The number of allylic oxidation sites excluding steroid dienone is 5. The van der Waals surface area contributed by atoms with Gasteiger partial charge >= 0.3 is 11.6 Å². The van der Waals surface area contributed by atoms with Gasteiger partial charge in [-0.05, 0) is 12.5 Å². The summed E-state index contributed by atoms with van der Waals surface area (Å²) in [5.41, 5.74) is 1.47. The number of carbonyl (C=O) groups excluding carboxylic acids is 1. The van der Waals surface area contributed by atoms with Gasteiger partial charge in [0.05, 0.1) is 12.7 Å².